The number of hydrogen-bond acceptors (Lipinski definition) is 5. The minimum atomic E-state index is -0.651. The van der Waals surface area contributed by atoms with Crippen molar-refractivity contribution in [1.29, 1.82) is 0 Å². The first-order valence-corrected chi connectivity index (χ1v) is 9.37. The first-order chi connectivity index (χ1) is 13.2. The van der Waals surface area contributed by atoms with Crippen LogP contribution < -0.4 is 10.2 Å². The van der Waals surface area contributed by atoms with Crippen molar-refractivity contribution in [2.24, 2.45) is 4.99 Å². The van der Waals surface area contributed by atoms with Crippen molar-refractivity contribution < 1.29 is 9.59 Å². The standard InChI is InChI=1S/C20H14N4O2S/c25-19-16-18(27-17(22-16)12-6-2-1-3-7-12)23-20(26)24(19)15-11-21-10-13-8-4-5-9-14(13)15/h1-11,16,18H,(H,23,26). The highest BCUT2D eigenvalue weighted by Gasteiger charge is 2.46. The van der Waals surface area contributed by atoms with Crippen LogP contribution in [0.2, 0.25) is 0 Å². The second-order valence-corrected chi connectivity index (χ2v) is 7.42. The maximum atomic E-state index is 13.2. The van der Waals surface area contributed by atoms with E-state index >= 15 is 0 Å². The van der Waals surface area contributed by atoms with Crippen molar-refractivity contribution in [2.75, 3.05) is 4.90 Å². The Bertz CT molecular complexity index is 1090. The smallest absolute Gasteiger partial charge is 0.322 e. The Kier molecular flexibility index (Phi) is 3.68. The number of carbonyl (C=O) groups is 2. The molecule has 0 spiro atoms. The second-order valence-electron chi connectivity index (χ2n) is 6.29. The Morgan fingerprint density at radius 2 is 1.74 bits per heavy atom. The summed E-state index contributed by atoms with van der Waals surface area (Å²) in [5.41, 5.74) is 1.42. The zero-order valence-electron chi connectivity index (χ0n) is 14.1. The van der Waals surface area contributed by atoms with Crippen LogP contribution in [0.4, 0.5) is 10.5 Å². The number of imide groups is 1. The van der Waals surface area contributed by atoms with Crippen molar-refractivity contribution in [3.05, 3.63) is 72.6 Å². The van der Waals surface area contributed by atoms with Gasteiger partial charge in [0.15, 0.2) is 6.04 Å². The Morgan fingerprint density at radius 3 is 2.59 bits per heavy atom. The molecule has 5 rings (SSSR count). The lowest BCUT2D eigenvalue weighted by atomic mass is 10.1. The number of aliphatic imine (C=N–C) groups is 1. The highest BCUT2D eigenvalue weighted by atomic mass is 32.2. The number of amides is 3. The molecule has 0 radical (unpaired) electrons. The minimum Gasteiger partial charge on any atom is -0.322 e. The van der Waals surface area contributed by atoms with E-state index < -0.39 is 12.1 Å². The first kappa shape index (κ1) is 16.0. The van der Waals surface area contributed by atoms with E-state index in [0.717, 1.165) is 26.3 Å². The van der Waals surface area contributed by atoms with E-state index in [4.69, 9.17) is 0 Å². The number of urea groups is 1. The number of nitrogens with zero attached hydrogens (tertiary/aromatic N) is 3. The average Bonchev–Trinajstić information content (AvgIpc) is 3.13. The summed E-state index contributed by atoms with van der Waals surface area (Å²) in [6, 6.07) is 16.1. The van der Waals surface area contributed by atoms with E-state index in [1.54, 1.807) is 12.4 Å². The topological polar surface area (TPSA) is 74.7 Å². The molecule has 0 saturated carbocycles. The summed E-state index contributed by atoms with van der Waals surface area (Å²) in [4.78, 5) is 35.8. The molecule has 132 valence electrons. The van der Waals surface area contributed by atoms with E-state index in [9.17, 15) is 9.59 Å². The highest BCUT2D eigenvalue weighted by molar-refractivity contribution is 8.15. The maximum absolute atomic E-state index is 13.2. The van der Waals surface area contributed by atoms with Crippen LogP contribution in [-0.2, 0) is 4.79 Å². The van der Waals surface area contributed by atoms with Crippen molar-refractivity contribution in [3.63, 3.8) is 0 Å². The molecule has 2 aliphatic rings. The van der Waals surface area contributed by atoms with E-state index in [0.29, 0.717) is 5.69 Å². The van der Waals surface area contributed by atoms with Gasteiger partial charge in [-0.25, -0.2) is 9.69 Å². The Hall–Kier alpha value is -3.19. The molecular weight excluding hydrogens is 360 g/mol. The number of aromatic nitrogens is 1. The number of rotatable bonds is 2. The molecule has 3 heterocycles. The summed E-state index contributed by atoms with van der Waals surface area (Å²) < 4.78 is 0. The van der Waals surface area contributed by atoms with Crippen LogP contribution in [-0.4, -0.2) is 33.4 Å². The fraction of sp³-hybridized carbons (Fsp3) is 0.100. The number of carbonyl (C=O) groups excluding carboxylic acids is 2. The molecule has 2 atom stereocenters. The van der Waals surface area contributed by atoms with E-state index in [2.05, 4.69) is 15.3 Å². The van der Waals surface area contributed by atoms with E-state index in [1.807, 2.05) is 54.6 Å². The number of anilines is 1. The predicted molar refractivity (Wildman–Crippen MR) is 106 cm³/mol. The van der Waals surface area contributed by atoms with Gasteiger partial charge in [0.25, 0.3) is 5.91 Å². The van der Waals surface area contributed by atoms with Crippen molar-refractivity contribution in [3.8, 4) is 0 Å². The van der Waals surface area contributed by atoms with E-state index in [-0.39, 0.29) is 11.3 Å². The van der Waals surface area contributed by atoms with E-state index in [1.165, 1.54) is 11.8 Å². The zero-order chi connectivity index (χ0) is 18.4. The summed E-state index contributed by atoms with van der Waals surface area (Å²) in [6.45, 7) is 0. The van der Waals surface area contributed by atoms with Gasteiger partial charge in [0.2, 0.25) is 0 Å². The molecule has 0 bridgehead atoms. The Morgan fingerprint density at radius 1 is 0.963 bits per heavy atom. The van der Waals surface area contributed by atoms with Crippen LogP contribution in [0.1, 0.15) is 5.56 Å². The van der Waals surface area contributed by atoms with Gasteiger partial charge in [-0.2, -0.15) is 0 Å². The van der Waals surface area contributed by atoms with Gasteiger partial charge in [-0.05, 0) is 0 Å². The number of benzene rings is 2. The summed E-state index contributed by atoms with van der Waals surface area (Å²) >= 11 is 1.41. The normalized spacial score (nSPS) is 21.8. The molecule has 3 amide bonds. The molecule has 1 N–H and O–H groups in total. The third-order valence-electron chi connectivity index (χ3n) is 4.63. The molecule has 3 aromatic rings. The summed E-state index contributed by atoms with van der Waals surface area (Å²) in [5.74, 6) is -0.333. The van der Waals surface area contributed by atoms with Crippen molar-refractivity contribution in [1.82, 2.24) is 10.3 Å². The zero-order valence-corrected chi connectivity index (χ0v) is 14.9. The third kappa shape index (κ3) is 2.59. The van der Waals surface area contributed by atoms with Gasteiger partial charge in [0.1, 0.15) is 10.4 Å². The Balaban J connectivity index is 1.55. The average molecular weight is 374 g/mol. The third-order valence-corrected chi connectivity index (χ3v) is 5.83. The second kappa shape index (κ2) is 6.21. The number of hydrogen-bond donors (Lipinski definition) is 1. The predicted octanol–water partition coefficient (Wildman–Crippen LogP) is 3.18. The minimum absolute atomic E-state index is 0.333. The number of thioether (sulfide) groups is 1. The molecule has 6 nitrogen and oxygen atoms in total. The first-order valence-electron chi connectivity index (χ1n) is 8.49. The molecule has 2 aliphatic heterocycles. The lowest BCUT2D eigenvalue weighted by Crippen LogP contribution is -2.60. The number of fused-ring (bicyclic) bond motifs is 2. The number of nitrogens with one attached hydrogen (secondary N) is 1. The van der Waals surface area contributed by atoms with Crippen LogP contribution >= 0.6 is 11.8 Å². The van der Waals surface area contributed by atoms with Crippen LogP contribution in [0.3, 0.4) is 0 Å². The molecule has 7 heteroatoms. The largest absolute Gasteiger partial charge is 0.329 e. The molecule has 27 heavy (non-hydrogen) atoms. The van der Waals surface area contributed by atoms with Gasteiger partial charge in [-0.1, -0.05) is 66.4 Å². The van der Waals surface area contributed by atoms with Crippen LogP contribution in [0.25, 0.3) is 10.8 Å². The number of pyridine rings is 1. The molecule has 1 aromatic heterocycles. The highest BCUT2D eigenvalue weighted by Crippen LogP contribution is 2.35. The summed E-state index contributed by atoms with van der Waals surface area (Å²) in [7, 11) is 0. The molecule has 0 aliphatic carbocycles. The SMILES string of the molecule is O=C1NC2SC(c3ccccc3)=NC2C(=O)N1c1cncc2ccccc12. The summed E-state index contributed by atoms with van der Waals surface area (Å²) in [5, 5.41) is 4.95. The fourth-order valence-electron chi connectivity index (χ4n) is 3.35. The fourth-order valence-corrected chi connectivity index (χ4v) is 4.50. The maximum Gasteiger partial charge on any atom is 0.329 e. The van der Waals surface area contributed by atoms with Gasteiger partial charge < -0.3 is 5.32 Å². The molecule has 1 saturated heterocycles. The van der Waals surface area contributed by atoms with Gasteiger partial charge >= 0.3 is 6.03 Å². The lowest BCUT2D eigenvalue weighted by Gasteiger charge is -2.32. The molecule has 2 unspecified atom stereocenters. The van der Waals surface area contributed by atoms with Gasteiger partial charge in [0.05, 0.1) is 11.9 Å². The van der Waals surface area contributed by atoms with Crippen molar-refractivity contribution >= 4 is 45.2 Å². The van der Waals surface area contributed by atoms with Crippen LogP contribution in [0.15, 0.2) is 72.0 Å². The van der Waals surface area contributed by atoms with Crippen LogP contribution in [0, 0.1) is 0 Å². The van der Waals surface area contributed by atoms with Gasteiger partial charge in [-0.15, -0.1) is 0 Å². The van der Waals surface area contributed by atoms with Crippen LogP contribution in [0.5, 0.6) is 0 Å². The van der Waals surface area contributed by atoms with Gasteiger partial charge in [-0.3, -0.25) is 14.8 Å². The summed E-state index contributed by atoms with van der Waals surface area (Å²) in [6.07, 6.45) is 3.26. The quantitative estimate of drug-likeness (QED) is 0.748. The Labute approximate surface area is 159 Å². The van der Waals surface area contributed by atoms with Gasteiger partial charge in [0, 0.05) is 22.5 Å². The molecule has 1 fully saturated rings. The molecule has 2 aromatic carbocycles. The lowest BCUT2D eigenvalue weighted by molar-refractivity contribution is -0.119. The monoisotopic (exact) mass is 374 g/mol. The van der Waals surface area contributed by atoms with Crippen molar-refractivity contribution in [2.45, 2.75) is 11.4 Å². The molecular formula is C20H14N4O2S.